The molecule has 0 bridgehead atoms. The first-order chi connectivity index (χ1) is 12.1. The van der Waals surface area contributed by atoms with E-state index in [9.17, 15) is 4.79 Å². The van der Waals surface area contributed by atoms with Crippen LogP contribution in [0.3, 0.4) is 0 Å². The predicted octanol–water partition coefficient (Wildman–Crippen LogP) is 1.68. The molecule has 3 heterocycles. The topological polar surface area (TPSA) is 73.5 Å². The summed E-state index contributed by atoms with van der Waals surface area (Å²) >= 11 is 1.47. The van der Waals surface area contributed by atoms with Crippen LogP contribution in [0.2, 0.25) is 0 Å². The summed E-state index contributed by atoms with van der Waals surface area (Å²) in [6.07, 6.45) is 3.56. The van der Waals surface area contributed by atoms with E-state index in [1.54, 1.807) is 20.4 Å². The van der Waals surface area contributed by atoms with E-state index >= 15 is 0 Å². The van der Waals surface area contributed by atoms with Crippen molar-refractivity contribution in [1.29, 1.82) is 0 Å². The van der Waals surface area contributed by atoms with Crippen molar-refractivity contribution in [3.63, 3.8) is 0 Å². The lowest BCUT2D eigenvalue weighted by molar-refractivity contribution is 0.0963. The molecule has 3 rings (SSSR count). The van der Waals surface area contributed by atoms with Gasteiger partial charge in [-0.2, -0.15) is 0 Å². The molecule has 1 amide bonds. The Bertz CT molecular complexity index is 740. The van der Waals surface area contributed by atoms with E-state index in [1.165, 1.54) is 11.8 Å². The van der Waals surface area contributed by atoms with Crippen molar-refractivity contribution in [2.75, 3.05) is 52.3 Å². The first-order valence-electron chi connectivity index (χ1n) is 8.16. The maximum atomic E-state index is 11.6. The van der Waals surface area contributed by atoms with Gasteiger partial charge in [0.25, 0.3) is 5.91 Å². The summed E-state index contributed by atoms with van der Waals surface area (Å²) in [5.74, 6) is 0.708. The summed E-state index contributed by atoms with van der Waals surface area (Å²) in [6, 6.07) is 3.75. The van der Waals surface area contributed by atoms with Crippen LogP contribution in [-0.4, -0.2) is 68.2 Å². The minimum Gasteiger partial charge on any atom is -0.494 e. The predicted molar refractivity (Wildman–Crippen MR) is 98.8 cm³/mol. The molecular weight excluding hydrogens is 338 g/mol. The van der Waals surface area contributed by atoms with Crippen LogP contribution in [0.4, 0.5) is 5.69 Å². The lowest BCUT2D eigenvalue weighted by Crippen LogP contribution is -2.44. The maximum absolute atomic E-state index is 11.6. The molecule has 1 fully saturated rings. The summed E-state index contributed by atoms with van der Waals surface area (Å²) < 4.78 is 5.58. The van der Waals surface area contributed by atoms with Gasteiger partial charge in [0, 0.05) is 45.5 Å². The molecule has 1 aliphatic heterocycles. The molecular formula is C17H23N5O2S. The third-order valence-electron chi connectivity index (χ3n) is 4.25. The Kier molecular flexibility index (Phi) is 5.50. The molecule has 2 aromatic heterocycles. The fourth-order valence-corrected chi connectivity index (χ4v) is 3.54. The fourth-order valence-electron chi connectivity index (χ4n) is 2.74. The number of hydrogen-bond donors (Lipinski definition) is 2. The third kappa shape index (κ3) is 4.08. The van der Waals surface area contributed by atoms with Gasteiger partial charge in [-0.25, -0.2) is 4.98 Å². The highest BCUT2D eigenvalue weighted by Crippen LogP contribution is 2.34. The smallest absolute Gasteiger partial charge is 0.252 e. The molecule has 0 spiro atoms. The number of H-pyrrole nitrogens is 1. The number of likely N-dealkylation sites (N-methyl/N-ethyl adjacent to an activating group) is 1. The first kappa shape index (κ1) is 17.6. The van der Waals surface area contributed by atoms with Crippen molar-refractivity contribution < 1.29 is 9.53 Å². The minimum atomic E-state index is -0.112. The number of nitrogens with zero attached hydrogens (tertiary/aromatic N) is 3. The number of carbonyl (C=O) groups excluding carboxylic acids is 1. The third-order valence-corrected chi connectivity index (χ3v) is 5.13. The number of carbonyl (C=O) groups is 1. The second-order valence-corrected chi connectivity index (χ2v) is 6.98. The van der Waals surface area contributed by atoms with E-state index < -0.39 is 0 Å². The monoisotopic (exact) mass is 361 g/mol. The van der Waals surface area contributed by atoms with Crippen molar-refractivity contribution in [3.8, 4) is 5.75 Å². The highest BCUT2D eigenvalue weighted by Gasteiger charge is 2.19. The van der Waals surface area contributed by atoms with Gasteiger partial charge < -0.3 is 24.8 Å². The van der Waals surface area contributed by atoms with E-state index in [0.717, 1.165) is 47.7 Å². The van der Waals surface area contributed by atoms with Crippen molar-refractivity contribution in [2.45, 2.75) is 10.1 Å². The Labute approximate surface area is 151 Å². The molecule has 0 unspecified atom stereocenters. The van der Waals surface area contributed by atoms with Gasteiger partial charge in [0.2, 0.25) is 0 Å². The lowest BCUT2D eigenvalue weighted by atomic mass is 10.2. The summed E-state index contributed by atoms with van der Waals surface area (Å²) in [6.45, 7) is 4.00. The van der Waals surface area contributed by atoms with Crippen molar-refractivity contribution in [1.82, 2.24) is 20.2 Å². The quantitative estimate of drug-likeness (QED) is 0.844. The Morgan fingerprint density at radius 3 is 2.76 bits per heavy atom. The largest absolute Gasteiger partial charge is 0.494 e. The molecule has 2 N–H and O–H groups in total. The number of aromatic amines is 1. The number of piperazine rings is 1. The first-order valence-corrected chi connectivity index (χ1v) is 8.98. The van der Waals surface area contributed by atoms with E-state index in [-0.39, 0.29) is 5.91 Å². The van der Waals surface area contributed by atoms with Crippen molar-refractivity contribution in [3.05, 3.63) is 30.1 Å². The molecule has 0 saturated carbocycles. The summed E-state index contributed by atoms with van der Waals surface area (Å²) in [7, 11) is 5.43. The molecule has 7 nitrogen and oxygen atoms in total. The second kappa shape index (κ2) is 7.79. The number of hydrogen-bond acceptors (Lipinski definition) is 6. The molecule has 1 aliphatic rings. The standard InChI is InChI=1S/C17H23N5O2S/c1-18-17(23)12-8-15(19-10-12)25-16-9-14(24-3)13(11-20-16)22-6-4-21(2)5-7-22/h8-11,19H,4-7H2,1-3H3,(H,18,23). The molecule has 1 saturated heterocycles. The van der Waals surface area contributed by atoms with Crippen LogP contribution >= 0.6 is 11.8 Å². The summed E-state index contributed by atoms with van der Waals surface area (Å²) in [5.41, 5.74) is 1.63. The van der Waals surface area contributed by atoms with Gasteiger partial charge in [0.1, 0.15) is 10.8 Å². The number of ether oxygens (including phenoxy) is 1. The zero-order valence-corrected chi connectivity index (χ0v) is 15.5. The number of amides is 1. The number of pyridine rings is 1. The average Bonchev–Trinajstić information content (AvgIpc) is 3.10. The van der Waals surface area contributed by atoms with Gasteiger partial charge in [-0.05, 0) is 13.1 Å². The molecule has 2 aromatic rings. The normalized spacial score (nSPS) is 15.2. The van der Waals surface area contributed by atoms with Crippen LogP contribution in [0, 0.1) is 0 Å². The fraction of sp³-hybridized carbons (Fsp3) is 0.412. The number of methoxy groups -OCH3 is 1. The van der Waals surface area contributed by atoms with Gasteiger partial charge >= 0.3 is 0 Å². The van der Waals surface area contributed by atoms with E-state index in [2.05, 4.69) is 32.1 Å². The zero-order valence-electron chi connectivity index (χ0n) is 14.7. The Balaban J connectivity index is 1.75. The number of aromatic nitrogens is 2. The molecule has 0 aliphatic carbocycles. The van der Waals surface area contributed by atoms with E-state index in [1.807, 2.05) is 18.3 Å². The number of anilines is 1. The van der Waals surface area contributed by atoms with Crippen LogP contribution < -0.4 is 15.0 Å². The van der Waals surface area contributed by atoms with Gasteiger partial charge in [-0.1, -0.05) is 11.8 Å². The minimum absolute atomic E-state index is 0.112. The Morgan fingerprint density at radius 1 is 1.32 bits per heavy atom. The van der Waals surface area contributed by atoms with Crippen LogP contribution in [0.25, 0.3) is 0 Å². The summed E-state index contributed by atoms with van der Waals surface area (Å²) in [5, 5.41) is 4.29. The lowest BCUT2D eigenvalue weighted by Gasteiger charge is -2.34. The van der Waals surface area contributed by atoms with E-state index in [4.69, 9.17) is 4.74 Å². The molecule has 8 heteroatoms. The van der Waals surface area contributed by atoms with Gasteiger partial charge in [-0.3, -0.25) is 4.79 Å². The van der Waals surface area contributed by atoms with Crippen LogP contribution in [-0.2, 0) is 0 Å². The number of rotatable bonds is 5. The SMILES string of the molecule is CNC(=O)c1c[nH]c(Sc2cc(OC)c(N3CCN(C)CC3)cn2)c1. The average molecular weight is 361 g/mol. The molecule has 0 aromatic carbocycles. The summed E-state index contributed by atoms with van der Waals surface area (Å²) in [4.78, 5) is 23.9. The van der Waals surface area contributed by atoms with Gasteiger partial charge in [0.05, 0.1) is 29.6 Å². The van der Waals surface area contributed by atoms with Crippen LogP contribution in [0.1, 0.15) is 10.4 Å². The van der Waals surface area contributed by atoms with Crippen molar-refractivity contribution >= 4 is 23.4 Å². The maximum Gasteiger partial charge on any atom is 0.252 e. The molecule has 0 radical (unpaired) electrons. The molecule has 134 valence electrons. The molecule has 0 atom stereocenters. The molecule has 25 heavy (non-hydrogen) atoms. The zero-order chi connectivity index (χ0) is 17.8. The second-order valence-electron chi connectivity index (χ2n) is 5.92. The Morgan fingerprint density at radius 2 is 2.08 bits per heavy atom. The van der Waals surface area contributed by atoms with Crippen LogP contribution in [0.5, 0.6) is 5.75 Å². The van der Waals surface area contributed by atoms with Crippen LogP contribution in [0.15, 0.2) is 34.6 Å². The Hall–Kier alpha value is -2.19. The van der Waals surface area contributed by atoms with Gasteiger partial charge in [-0.15, -0.1) is 0 Å². The van der Waals surface area contributed by atoms with E-state index in [0.29, 0.717) is 5.56 Å². The van der Waals surface area contributed by atoms with Crippen molar-refractivity contribution in [2.24, 2.45) is 0 Å². The highest BCUT2D eigenvalue weighted by molar-refractivity contribution is 7.99. The van der Waals surface area contributed by atoms with Gasteiger partial charge in [0.15, 0.2) is 0 Å². The highest BCUT2D eigenvalue weighted by atomic mass is 32.2. The number of nitrogens with one attached hydrogen (secondary N) is 2.